The molecule has 1 heterocycles. The fraction of sp³-hybridized carbons (Fsp3) is 0.435. The molecule has 1 aliphatic rings. The first-order valence-electron chi connectivity index (χ1n) is 10.0. The molecule has 0 radical (unpaired) electrons. The second kappa shape index (κ2) is 10.2. The van der Waals surface area contributed by atoms with Gasteiger partial charge in [0.15, 0.2) is 6.10 Å². The van der Waals surface area contributed by atoms with Crippen LogP contribution < -0.4 is 10.1 Å². The van der Waals surface area contributed by atoms with Gasteiger partial charge in [0.2, 0.25) is 0 Å². The monoisotopic (exact) mass is 382 g/mol. The van der Waals surface area contributed by atoms with Gasteiger partial charge >= 0.3 is 0 Å². The summed E-state index contributed by atoms with van der Waals surface area (Å²) in [5, 5.41) is 3.02. The summed E-state index contributed by atoms with van der Waals surface area (Å²) < 4.78 is 11.3. The maximum Gasteiger partial charge on any atom is 0.261 e. The molecule has 1 atom stereocenters. The van der Waals surface area contributed by atoms with E-state index in [1.54, 1.807) is 0 Å². The van der Waals surface area contributed by atoms with E-state index in [0.717, 1.165) is 49.7 Å². The first-order chi connectivity index (χ1) is 13.7. The van der Waals surface area contributed by atoms with Crippen LogP contribution in [0.4, 0.5) is 0 Å². The van der Waals surface area contributed by atoms with Gasteiger partial charge in [-0.15, -0.1) is 0 Å². The smallest absolute Gasteiger partial charge is 0.261 e. The van der Waals surface area contributed by atoms with Crippen molar-refractivity contribution in [2.24, 2.45) is 0 Å². The Morgan fingerprint density at radius 3 is 2.64 bits per heavy atom. The summed E-state index contributed by atoms with van der Waals surface area (Å²) in [5.41, 5.74) is 3.39. The molecule has 28 heavy (non-hydrogen) atoms. The van der Waals surface area contributed by atoms with E-state index in [-0.39, 0.29) is 5.91 Å². The van der Waals surface area contributed by atoms with Crippen molar-refractivity contribution in [3.63, 3.8) is 0 Å². The number of carbonyl (C=O) groups excluding carboxylic acids is 1. The molecular weight excluding hydrogens is 352 g/mol. The number of hydrogen-bond donors (Lipinski definition) is 1. The molecule has 5 nitrogen and oxygen atoms in total. The van der Waals surface area contributed by atoms with Gasteiger partial charge in [0.1, 0.15) is 5.75 Å². The van der Waals surface area contributed by atoms with Crippen molar-refractivity contribution in [2.75, 3.05) is 26.3 Å². The molecule has 1 aliphatic heterocycles. The minimum absolute atomic E-state index is 0.0793. The van der Waals surface area contributed by atoms with Crippen LogP contribution in [-0.2, 0) is 22.6 Å². The zero-order chi connectivity index (χ0) is 19.8. The lowest BCUT2D eigenvalue weighted by atomic mass is 10.1. The quantitative estimate of drug-likeness (QED) is 0.761. The lowest BCUT2D eigenvalue weighted by Gasteiger charge is -2.26. The Labute approximate surface area is 167 Å². The summed E-state index contributed by atoms with van der Waals surface area (Å²) in [6.45, 7) is 8.91. The van der Waals surface area contributed by atoms with Crippen LogP contribution >= 0.6 is 0 Å². The average Bonchev–Trinajstić information content (AvgIpc) is 2.72. The molecule has 1 amide bonds. The highest BCUT2D eigenvalue weighted by Crippen LogP contribution is 2.19. The molecule has 0 bridgehead atoms. The van der Waals surface area contributed by atoms with Crippen molar-refractivity contribution in [1.82, 2.24) is 10.2 Å². The van der Waals surface area contributed by atoms with E-state index in [1.807, 2.05) is 44.2 Å². The Kier molecular flexibility index (Phi) is 7.46. The molecule has 0 aromatic heterocycles. The first-order valence-corrected chi connectivity index (χ1v) is 10.0. The molecule has 0 aliphatic carbocycles. The molecule has 1 N–H and O–H groups in total. The number of morpholine rings is 1. The highest BCUT2D eigenvalue weighted by molar-refractivity contribution is 5.81. The number of hydrogen-bond acceptors (Lipinski definition) is 4. The number of nitrogens with one attached hydrogen (secondary N) is 1. The number of aryl methyl sites for hydroxylation is 1. The second-order valence-corrected chi connectivity index (χ2v) is 7.21. The number of rotatable bonds is 8. The molecular formula is C23H30N2O3. The van der Waals surface area contributed by atoms with Gasteiger partial charge in [0.25, 0.3) is 5.91 Å². The van der Waals surface area contributed by atoms with Gasteiger partial charge in [-0.05, 0) is 36.1 Å². The van der Waals surface area contributed by atoms with Crippen molar-refractivity contribution in [2.45, 2.75) is 39.5 Å². The van der Waals surface area contributed by atoms with Crippen LogP contribution in [0.15, 0.2) is 48.5 Å². The number of carbonyl (C=O) groups is 1. The highest BCUT2D eigenvalue weighted by atomic mass is 16.5. The third kappa shape index (κ3) is 5.81. The summed E-state index contributed by atoms with van der Waals surface area (Å²) in [6, 6.07) is 16.2. The molecule has 1 saturated heterocycles. The largest absolute Gasteiger partial charge is 0.480 e. The normalized spacial score (nSPS) is 15.8. The average molecular weight is 383 g/mol. The van der Waals surface area contributed by atoms with Crippen molar-refractivity contribution in [1.29, 1.82) is 0 Å². The van der Waals surface area contributed by atoms with Gasteiger partial charge in [-0.25, -0.2) is 0 Å². The number of ether oxygens (including phenoxy) is 2. The SMILES string of the molecule is CCC(Oc1ccccc1C)C(=O)NCc1cccc(CN2CCOCC2)c1. The summed E-state index contributed by atoms with van der Waals surface area (Å²) in [4.78, 5) is 15.0. The molecule has 2 aromatic carbocycles. The van der Waals surface area contributed by atoms with Gasteiger partial charge in [-0.3, -0.25) is 9.69 Å². The molecule has 3 rings (SSSR count). The van der Waals surface area contributed by atoms with E-state index in [9.17, 15) is 4.79 Å². The number of nitrogens with zero attached hydrogens (tertiary/aromatic N) is 1. The van der Waals surface area contributed by atoms with Crippen LogP contribution in [-0.4, -0.2) is 43.2 Å². The Morgan fingerprint density at radius 1 is 1.14 bits per heavy atom. The number of benzene rings is 2. The van der Waals surface area contributed by atoms with Crippen LogP contribution in [0.3, 0.4) is 0 Å². The fourth-order valence-corrected chi connectivity index (χ4v) is 3.32. The van der Waals surface area contributed by atoms with Crippen molar-refractivity contribution < 1.29 is 14.3 Å². The van der Waals surface area contributed by atoms with Gasteiger partial charge in [0, 0.05) is 26.2 Å². The van der Waals surface area contributed by atoms with E-state index < -0.39 is 6.10 Å². The van der Waals surface area contributed by atoms with Crippen molar-refractivity contribution in [3.05, 3.63) is 65.2 Å². The van der Waals surface area contributed by atoms with Crippen molar-refractivity contribution >= 4 is 5.91 Å². The maximum absolute atomic E-state index is 12.6. The van der Waals surface area contributed by atoms with Crippen LogP contribution in [0.5, 0.6) is 5.75 Å². The van der Waals surface area contributed by atoms with Crippen LogP contribution in [0.1, 0.15) is 30.0 Å². The van der Waals surface area contributed by atoms with Gasteiger partial charge in [0.05, 0.1) is 13.2 Å². The summed E-state index contributed by atoms with van der Waals surface area (Å²) in [6.07, 6.45) is 0.134. The summed E-state index contributed by atoms with van der Waals surface area (Å²) in [5.74, 6) is 0.682. The maximum atomic E-state index is 12.6. The fourth-order valence-electron chi connectivity index (χ4n) is 3.32. The van der Waals surface area contributed by atoms with Crippen LogP contribution in [0, 0.1) is 6.92 Å². The first kappa shape index (κ1) is 20.4. The highest BCUT2D eigenvalue weighted by Gasteiger charge is 2.19. The Hall–Kier alpha value is -2.37. The van der Waals surface area contributed by atoms with E-state index in [4.69, 9.17) is 9.47 Å². The van der Waals surface area contributed by atoms with Gasteiger partial charge in [-0.2, -0.15) is 0 Å². The standard InChI is InChI=1S/C23H30N2O3/c1-3-21(28-22-10-5-4-7-18(22)2)23(26)24-16-19-8-6-9-20(15-19)17-25-11-13-27-14-12-25/h4-10,15,21H,3,11-14,16-17H2,1-2H3,(H,24,26). The minimum atomic E-state index is -0.488. The number of amides is 1. The van der Waals surface area contributed by atoms with E-state index >= 15 is 0 Å². The zero-order valence-corrected chi connectivity index (χ0v) is 16.8. The molecule has 0 saturated carbocycles. The van der Waals surface area contributed by atoms with Crippen LogP contribution in [0.2, 0.25) is 0 Å². The third-order valence-electron chi connectivity index (χ3n) is 4.99. The predicted octanol–water partition coefficient (Wildman–Crippen LogP) is 3.30. The van der Waals surface area contributed by atoms with E-state index in [0.29, 0.717) is 13.0 Å². The topological polar surface area (TPSA) is 50.8 Å². The molecule has 1 unspecified atom stereocenters. The molecule has 2 aromatic rings. The minimum Gasteiger partial charge on any atom is -0.480 e. The third-order valence-corrected chi connectivity index (χ3v) is 4.99. The van der Waals surface area contributed by atoms with Crippen LogP contribution in [0.25, 0.3) is 0 Å². The second-order valence-electron chi connectivity index (χ2n) is 7.21. The molecule has 5 heteroatoms. The van der Waals surface area contributed by atoms with E-state index in [1.165, 1.54) is 5.56 Å². The molecule has 1 fully saturated rings. The predicted molar refractivity (Wildman–Crippen MR) is 110 cm³/mol. The zero-order valence-electron chi connectivity index (χ0n) is 16.8. The Morgan fingerprint density at radius 2 is 1.89 bits per heavy atom. The van der Waals surface area contributed by atoms with E-state index in [2.05, 4.69) is 28.4 Å². The van der Waals surface area contributed by atoms with Crippen molar-refractivity contribution in [3.8, 4) is 5.75 Å². The number of para-hydroxylation sites is 1. The summed E-state index contributed by atoms with van der Waals surface area (Å²) in [7, 11) is 0. The lowest BCUT2D eigenvalue weighted by Crippen LogP contribution is -2.37. The summed E-state index contributed by atoms with van der Waals surface area (Å²) >= 11 is 0. The van der Waals surface area contributed by atoms with Gasteiger partial charge < -0.3 is 14.8 Å². The Bertz CT molecular complexity index is 772. The van der Waals surface area contributed by atoms with Gasteiger partial charge in [-0.1, -0.05) is 49.4 Å². The lowest BCUT2D eigenvalue weighted by molar-refractivity contribution is -0.128. The molecule has 0 spiro atoms. The molecule has 150 valence electrons. The Balaban J connectivity index is 1.54.